The van der Waals surface area contributed by atoms with Crippen LogP contribution in [0.15, 0.2) is 23.2 Å². The number of benzene rings is 1. The number of aliphatic imine (C=N–C) groups is 1. The topological polar surface area (TPSA) is 48.2 Å². The minimum absolute atomic E-state index is 0.436. The molecule has 0 amide bonds. The third-order valence-corrected chi connectivity index (χ3v) is 4.84. The molecule has 1 N–H and O–H groups in total. The van der Waals surface area contributed by atoms with E-state index in [-0.39, 0.29) is 0 Å². The van der Waals surface area contributed by atoms with Gasteiger partial charge in [0, 0.05) is 11.4 Å². The molecule has 1 heterocycles. The van der Waals surface area contributed by atoms with Gasteiger partial charge in [0.25, 0.3) is 0 Å². The van der Waals surface area contributed by atoms with E-state index in [1.165, 1.54) is 18.4 Å². The van der Waals surface area contributed by atoms with Gasteiger partial charge in [0.1, 0.15) is 0 Å². The molecule has 1 aromatic carbocycles. The number of hydrogen-bond acceptors (Lipinski definition) is 4. The standard InChI is InChI=1S/C16H21N3S.C4H10/c1-4-13-8-12(9-17)5-6-15(13)19-16-18-14(10-20-16)7-11(2)3;1-3-4-2/h5-6,8,11,14H,4,7,10H2,1-3H3,(H,18,19);3-4H2,1-2H3. The Morgan fingerprint density at radius 3 is 2.54 bits per heavy atom. The summed E-state index contributed by atoms with van der Waals surface area (Å²) < 4.78 is 0. The van der Waals surface area contributed by atoms with E-state index in [9.17, 15) is 0 Å². The maximum atomic E-state index is 8.95. The SMILES string of the molecule is CCCC.CCc1cc(C#N)ccc1NC1=NC(CC(C)C)CS1. The third kappa shape index (κ3) is 6.97. The van der Waals surface area contributed by atoms with Gasteiger partial charge in [-0.1, -0.05) is 59.2 Å². The van der Waals surface area contributed by atoms with Gasteiger partial charge in [-0.3, -0.25) is 4.99 Å². The minimum Gasteiger partial charge on any atom is -0.335 e. The summed E-state index contributed by atoms with van der Waals surface area (Å²) in [7, 11) is 0. The van der Waals surface area contributed by atoms with Crippen molar-refractivity contribution in [2.24, 2.45) is 10.9 Å². The number of hydrogen-bond donors (Lipinski definition) is 1. The fraction of sp³-hybridized carbons (Fsp3) is 0.600. The van der Waals surface area contributed by atoms with Crippen molar-refractivity contribution in [1.29, 1.82) is 5.26 Å². The zero-order valence-corrected chi connectivity index (χ0v) is 16.5. The Bertz CT molecular complexity index is 571. The van der Waals surface area contributed by atoms with E-state index in [1.54, 1.807) is 11.8 Å². The van der Waals surface area contributed by atoms with Gasteiger partial charge in [0.05, 0.1) is 17.7 Å². The Morgan fingerprint density at radius 1 is 1.29 bits per heavy atom. The summed E-state index contributed by atoms with van der Waals surface area (Å²) >= 11 is 1.79. The molecule has 1 unspecified atom stereocenters. The Hall–Kier alpha value is -1.47. The van der Waals surface area contributed by atoms with Crippen molar-refractivity contribution in [1.82, 2.24) is 0 Å². The van der Waals surface area contributed by atoms with E-state index in [0.29, 0.717) is 17.5 Å². The van der Waals surface area contributed by atoms with E-state index in [1.807, 2.05) is 18.2 Å². The molecule has 0 spiro atoms. The highest BCUT2D eigenvalue weighted by molar-refractivity contribution is 8.14. The van der Waals surface area contributed by atoms with Gasteiger partial charge in [-0.05, 0) is 42.5 Å². The number of nitriles is 1. The summed E-state index contributed by atoms with van der Waals surface area (Å²) in [4.78, 5) is 4.74. The second-order valence-electron chi connectivity index (χ2n) is 6.49. The normalized spacial score (nSPS) is 16.2. The monoisotopic (exact) mass is 345 g/mol. The van der Waals surface area contributed by atoms with Crippen LogP contribution in [0.1, 0.15) is 65.0 Å². The molecule has 2 rings (SSSR count). The molecule has 4 heteroatoms. The molecule has 132 valence electrons. The van der Waals surface area contributed by atoms with Crippen LogP contribution in [0.4, 0.5) is 5.69 Å². The van der Waals surface area contributed by atoms with Crippen LogP contribution in [-0.4, -0.2) is 17.0 Å². The van der Waals surface area contributed by atoms with Gasteiger partial charge in [0.15, 0.2) is 5.17 Å². The number of anilines is 1. The zero-order valence-electron chi connectivity index (χ0n) is 15.7. The highest BCUT2D eigenvalue weighted by Crippen LogP contribution is 2.26. The van der Waals surface area contributed by atoms with Crippen LogP contribution in [0.5, 0.6) is 0 Å². The number of nitrogens with one attached hydrogen (secondary N) is 1. The smallest absolute Gasteiger partial charge is 0.161 e. The molecule has 0 radical (unpaired) electrons. The van der Waals surface area contributed by atoms with Gasteiger partial charge >= 0.3 is 0 Å². The summed E-state index contributed by atoms with van der Waals surface area (Å²) in [5, 5.41) is 13.4. The number of amidine groups is 1. The summed E-state index contributed by atoms with van der Waals surface area (Å²) in [5.41, 5.74) is 2.95. The number of rotatable bonds is 5. The van der Waals surface area contributed by atoms with E-state index in [0.717, 1.165) is 29.4 Å². The molecule has 0 aromatic heterocycles. The lowest BCUT2D eigenvalue weighted by Crippen LogP contribution is -2.09. The van der Waals surface area contributed by atoms with E-state index in [2.05, 4.69) is 46.0 Å². The molecule has 3 nitrogen and oxygen atoms in total. The first-order valence-corrected chi connectivity index (χ1v) is 10.0. The van der Waals surface area contributed by atoms with Crippen LogP contribution in [0.2, 0.25) is 0 Å². The van der Waals surface area contributed by atoms with Crippen molar-refractivity contribution in [2.45, 2.75) is 66.3 Å². The Morgan fingerprint density at radius 2 is 2.00 bits per heavy atom. The molecule has 1 aliphatic rings. The van der Waals surface area contributed by atoms with Crippen molar-refractivity contribution in [2.75, 3.05) is 11.1 Å². The average Bonchev–Trinajstić information content (AvgIpc) is 3.01. The Labute approximate surface area is 152 Å². The average molecular weight is 346 g/mol. The van der Waals surface area contributed by atoms with E-state index >= 15 is 0 Å². The predicted octanol–water partition coefficient (Wildman–Crippen LogP) is 5.86. The highest BCUT2D eigenvalue weighted by atomic mass is 32.2. The largest absolute Gasteiger partial charge is 0.335 e. The summed E-state index contributed by atoms with van der Waals surface area (Å²) in [6.07, 6.45) is 4.69. The first-order valence-electron chi connectivity index (χ1n) is 9.04. The number of thioether (sulfide) groups is 1. The van der Waals surface area contributed by atoms with Gasteiger partial charge < -0.3 is 5.32 Å². The van der Waals surface area contributed by atoms with Crippen molar-refractivity contribution in [3.8, 4) is 6.07 Å². The lowest BCUT2D eigenvalue weighted by atomic mass is 10.1. The van der Waals surface area contributed by atoms with Crippen molar-refractivity contribution in [3.63, 3.8) is 0 Å². The molecule has 0 fully saturated rings. The van der Waals surface area contributed by atoms with Crippen LogP contribution in [0.25, 0.3) is 0 Å². The quantitative estimate of drug-likeness (QED) is 0.727. The fourth-order valence-corrected chi connectivity index (χ4v) is 3.31. The van der Waals surface area contributed by atoms with Gasteiger partial charge in [0.2, 0.25) is 0 Å². The van der Waals surface area contributed by atoms with Crippen molar-refractivity contribution < 1.29 is 0 Å². The van der Waals surface area contributed by atoms with E-state index in [4.69, 9.17) is 10.3 Å². The predicted molar refractivity (Wildman–Crippen MR) is 108 cm³/mol. The molecule has 0 aliphatic carbocycles. The molecule has 0 saturated heterocycles. The first-order chi connectivity index (χ1) is 11.5. The van der Waals surface area contributed by atoms with Crippen LogP contribution >= 0.6 is 11.8 Å². The van der Waals surface area contributed by atoms with Crippen molar-refractivity contribution >= 4 is 22.6 Å². The molecule has 0 bridgehead atoms. The molecular weight excluding hydrogens is 314 g/mol. The zero-order chi connectivity index (χ0) is 17.9. The number of nitrogens with zero attached hydrogens (tertiary/aromatic N) is 2. The molecule has 1 aliphatic heterocycles. The van der Waals surface area contributed by atoms with Crippen LogP contribution < -0.4 is 5.32 Å². The van der Waals surface area contributed by atoms with Gasteiger partial charge in [-0.25, -0.2) is 0 Å². The lowest BCUT2D eigenvalue weighted by molar-refractivity contribution is 0.529. The second kappa shape index (κ2) is 11.1. The van der Waals surface area contributed by atoms with Crippen LogP contribution in [-0.2, 0) is 6.42 Å². The van der Waals surface area contributed by atoms with Crippen molar-refractivity contribution in [3.05, 3.63) is 29.3 Å². The number of aryl methyl sites for hydroxylation is 1. The first kappa shape index (κ1) is 20.6. The van der Waals surface area contributed by atoms with Gasteiger partial charge in [-0.15, -0.1) is 0 Å². The van der Waals surface area contributed by atoms with Gasteiger partial charge in [-0.2, -0.15) is 5.26 Å². The highest BCUT2D eigenvalue weighted by Gasteiger charge is 2.19. The second-order valence-corrected chi connectivity index (χ2v) is 7.50. The third-order valence-electron chi connectivity index (χ3n) is 3.81. The Balaban J connectivity index is 0.000000648. The maximum Gasteiger partial charge on any atom is 0.161 e. The van der Waals surface area contributed by atoms with E-state index < -0.39 is 0 Å². The molecule has 1 atom stereocenters. The molecule has 1 aromatic rings. The fourth-order valence-electron chi connectivity index (χ4n) is 2.34. The Kier molecular flexibility index (Phi) is 9.56. The summed E-state index contributed by atoms with van der Waals surface area (Å²) in [6, 6.07) is 8.41. The molecule has 0 saturated carbocycles. The minimum atomic E-state index is 0.436. The summed E-state index contributed by atoms with van der Waals surface area (Å²) in [5.74, 6) is 1.75. The van der Waals surface area contributed by atoms with Crippen LogP contribution in [0.3, 0.4) is 0 Å². The van der Waals surface area contributed by atoms with Crippen LogP contribution in [0, 0.1) is 17.2 Å². The maximum absolute atomic E-state index is 8.95. The molecule has 24 heavy (non-hydrogen) atoms. The number of unbranched alkanes of at least 4 members (excludes halogenated alkanes) is 1. The molecular formula is C20H31N3S. The summed E-state index contributed by atoms with van der Waals surface area (Å²) in [6.45, 7) is 10.9. The lowest BCUT2D eigenvalue weighted by Gasteiger charge is -2.10.